The van der Waals surface area contributed by atoms with E-state index in [-0.39, 0.29) is 11.9 Å². The molecule has 4 heteroatoms. The maximum atomic E-state index is 11.6. The first kappa shape index (κ1) is 10.7. The largest absolute Gasteiger partial charge is 0.330 e. The van der Waals surface area contributed by atoms with Crippen LogP contribution in [0.15, 0.2) is 16.8 Å². The van der Waals surface area contributed by atoms with E-state index in [1.165, 1.54) is 4.90 Å². The van der Waals surface area contributed by atoms with E-state index < -0.39 is 0 Å². The van der Waals surface area contributed by atoms with Gasteiger partial charge in [0.2, 0.25) is 5.91 Å². The second kappa shape index (κ2) is 4.77. The fraction of sp³-hybridized carbons (Fsp3) is 0.400. The number of nitrogens with zero attached hydrogens (tertiary/aromatic N) is 2. The van der Waals surface area contributed by atoms with Crippen LogP contribution in [0.2, 0.25) is 0 Å². The summed E-state index contributed by atoms with van der Waals surface area (Å²) >= 11 is 1.57. The predicted octanol–water partition coefficient (Wildman–Crippen LogP) is 1.66. The van der Waals surface area contributed by atoms with Crippen LogP contribution in [0.3, 0.4) is 0 Å². The first-order valence-electron chi connectivity index (χ1n) is 4.31. The van der Waals surface area contributed by atoms with Gasteiger partial charge in [0.25, 0.3) is 0 Å². The van der Waals surface area contributed by atoms with Crippen LogP contribution in [0, 0.1) is 11.3 Å². The fourth-order valence-electron chi connectivity index (χ4n) is 0.995. The van der Waals surface area contributed by atoms with Crippen LogP contribution >= 0.6 is 11.3 Å². The van der Waals surface area contributed by atoms with Crippen LogP contribution in [-0.2, 0) is 11.2 Å². The highest BCUT2D eigenvalue weighted by Gasteiger charge is 2.14. The lowest BCUT2D eigenvalue weighted by Gasteiger charge is -2.18. The molecule has 1 aromatic rings. The second-order valence-corrected chi connectivity index (χ2v) is 3.90. The van der Waals surface area contributed by atoms with Gasteiger partial charge in [0.1, 0.15) is 6.04 Å². The molecular weight excluding hydrogens is 196 g/mol. The summed E-state index contributed by atoms with van der Waals surface area (Å²) in [5.41, 5.74) is 1.01. The smallest absolute Gasteiger partial charge is 0.227 e. The van der Waals surface area contributed by atoms with Gasteiger partial charge >= 0.3 is 0 Å². The first-order valence-corrected chi connectivity index (χ1v) is 5.25. The Balaban J connectivity index is 2.55. The number of carbonyl (C=O) groups is 1. The SMILES string of the molecule is CC(C#N)N(C)C(=O)Cc1ccsc1. The molecule has 0 aromatic carbocycles. The summed E-state index contributed by atoms with van der Waals surface area (Å²) < 4.78 is 0. The topological polar surface area (TPSA) is 44.1 Å². The Kier molecular flexibility index (Phi) is 3.66. The molecule has 1 unspecified atom stereocenters. The van der Waals surface area contributed by atoms with Gasteiger partial charge in [-0.3, -0.25) is 4.79 Å². The van der Waals surface area contributed by atoms with Gasteiger partial charge < -0.3 is 4.90 Å². The lowest BCUT2D eigenvalue weighted by molar-refractivity contribution is -0.130. The quantitative estimate of drug-likeness (QED) is 0.758. The fourth-order valence-corrected chi connectivity index (χ4v) is 1.66. The second-order valence-electron chi connectivity index (χ2n) is 3.12. The minimum Gasteiger partial charge on any atom is -0.330 e. The van der Waals surface area contributed by atoms with E-state index in [1.807, 2.05) is 22.9 Å². The molecule has 14 heavy (non-hydrogen) atoms. The highest BCUT2D eigenvalue weighted by molar-refractivity contribution is 7.07. The molecule has 74 valence electrons. The lowest BCUT2D eigenvalue weighted by atomic mass is 10.2. The molecule has 0 aliphatic heterocycles. The molecule has 1 heterocycles. The standard InChI is InChI=1S/C10H12N2OS/c1-8(6-11)12(2)10(13)5-9-3-4-14-7-9/h3-4,7-8H,5H2,1-2H3. The van der Waals surface area contributed by atoms with E-state index in [9.17, 15) is 4.79 Å². The van der Waals surface area contributed by atoms with Gasteiger partial charge in [0.05, 0.1) is 12.5 Å². The number of likely N-dealkylation sites (N-methyl/N-ethyl adjacent to an activating group) is 1. The van der Waals surface area contributed by atoms with Gasteiger partial charge in [-0.15, -0.1) is 0 Å². The molecule has 3 nitrogen and oxygen atoms in total. The van der Waals surface area contributed by atoms with Crippen LogP contribution in [0.1, 0.15) is 12.5 Å². The van der Waals surface area contributed by atoms with Gasteiger partial charge in [0, 0.05) is 7.05 Å². The third kappa shape index (κ3) is 2.57. The van der Waals surface area contributed by atoms with E-state index in [0.717, 1.165) is 5.56 Å². The van der Waals surface area contributed by atoms with Crippen molar-refractivity contribution in [2.24, 2.45) is 0 Å². The third-order valence-corrected chi connectivity index (χ3v) is 2.83. The predicted molar refractivity (Wildman–Crippen MR) is 55.9 cm³/mol. The Labute approximate surface area is 87.6 Å². The van der Waals surface area contributed by atoms with Crippen molar-refractivity contribution in [3.8, 4) is 6.07 Å². The number of hydrogen-bond acceptors (Lipinski definition) is 3. The Morgan fingerprint density at radius 3 is 3.00 bits per heavy atom. The average molecular weight is 208 g/mol. The summed E-state index contributed by atoms with van der Waals surface area (Å²) in [6.45, 7) is 1.71. The number of rotatable bonds is 3. The maximum absolute atomic E-state index is 11.6. The zero-order valence-electron chi connectivity index (χ0n) is 8.23. The molecule has 0 fully saturated rings. The molecular formula is C10H12N2OS. The van der Waals surface area contributed by atoms with Crippen LogP contribution in [-0.4, -0.2) is 23.9 Å². The van der Waals surface area contributed by atoms with Gasteiger partial charge in [-0.2, -0.15) is 16.6 Å². The van der Waals surface area contributed by atoms with Gasteiger partial charge in [-0.05, 0) is 29.3 Å². The molecule has 1 atom stereocenters. The molecule has 1 aromatic heterocycles. The maximum Gasteiger partial charge on any atom is 0.227 e. The molecule has 1 rings (SSSR count). The molecule has 0 aliphatic rings. The summed E-state index contributed by atoms with van der Waals surface area (Å²) in [4.78, 5) is 13.1. The van der Waals surface area contributed by atoms with Crippen molar-refractivity contribution >= 4 is 17.2 Å². The van der Waals surface area contributed by atoms with Crippen molar-refractivity contribution in [3.63, 3.8) is 0 Å². The van der Waals surface area contributed by atoms with Gasteiger partial charge in [-0.1, -0.05) is 0 Å². The Morgan fingerprint density at radius 1 is 1.79 bits per heavy atom. The number of amides is 1. The molecule has 0 saturated heterocycles. The van der Waals surface area contributed by atoms with Crippen LogP contribution in [0.5, 0.6) is 0 Å². The van der Waals surface area contributed by atoms with E-state index in [1.54, 1.807) is 25.3 Å². The van der Waals surface area contributed by atoms with Gasteiger partial charge in [0.15, 0.2) is 0 Å². The normalized spacial score (nSPS) is 11.8. The summed E-state index contributed by atoms with van der Waals surface area (Å²) in [7, 11) is 1.66. The zero-order valence-corrected chi connectivity index (χ0v) is 9.04. The van der Waals surface area contributed by atoms with Crippen LogP contribution in [0.4, 0.5) is 0 Å². The third-order valence-electron chi connectivity index (χ3n) is 2.10. The van der Waals surface area contributed by atoms with Crippen molar-refractivity contribution in [3.05, 3.63) is 22.4 Å². The Hall–Kier alpha value is -1.34. The van der Waals surface area contributed by atoms with Crippen molar-refractivity contribution in [1.82, 2.24) is 4.90 Å². The highest BCUT2D eigenvalue weighted by Crippen LogP contribution is 2.08. The molecule has 0 spiro atoms. The summed E-state index contributed by atoms with van der Waals surface area (Å²) in [5, 5.41) is 12.5. The number of nitriles is 1. The molecule has 0 saturated carbocycles. The Morgan fingerprint density at radius 2 is 2.50 bits per heavy atom. The van der Waals surface area contributed by atoms with E-state index >= 15 is 0 Å². The minimum atomic E-state index is -0.360. The average Bonchev–Trinajstić information content (AvgIpc) is 2.68. The molecule has 0 aliphatic carbocycles. The number of thiophene rings is 1. The van der Waals surface area contributed by atoms with Crippen LogP contribution < -0.4 is 0 Å². The summed E-state index contributed by atoms with van der Waals surface area (Å²) in [6, 6.07) is 3.60. The molecule has 1 amide bonds. The first-order chi connectivity index (χ1) is 6.65. The van der Waals surface area contributed by atoms with Crippen molar-refractivity contribution < 1.29 is 4.79 Å². The van der Waals surface area contributed by atoms with Gasteiger partial charge in [-0.25, -0.2) is 0 Å². The molecule has 0 bridgehead atoms. The summed E-state index contributed by atoms with van der Waals surface area (Å²) in [5.74, 6) is -0.0162. The summed E-state index contributed by atoms with van der Waals surface area (Å²) in [6.07, 6.45) is 0.381. The molecule has 0 N–H and O–H groups in total. The van der Waals surface area contributed by atoms with Crippen molar-refractivity contribution in [2.75, 3.05) is 7.05 Å². The monoisotopic (exact) mass is 208 g/mol. The van der Waals surface area contributed by atoms with Crippen molar-refractivity contribution in [2.45, 2.75) is 19.4 Å². The molecule has 0 radical (unpaired) electrons. The van der Waals surface area contributed by atoms with E-state index in [0.29, 0.717) is 6.42 Å². The van der Waals surface area contributed by atoms with E-state index in [4.69, 9.17) is 5.26 Å². The Bertz CT molecular complexity index is 340. The zero-order chi connectivity index (χ0) is 10.6. The number of carbonyl (C=O) groups excluding carboxylic acids is 1. The number of hydrogen-bond donors (Lipinski definition) is 0. The van der Waals surface area contributed by atoms with Crippen LogP contribution in [0.25, 0.3) is 0 Å². The lowest BCUT2D eigenvalue weighted by Crippen LogP contribution is -2.35. The minimum absolute atomic E-state index is 0.0162. The van der Waals surface area contributed by atoms with Crippen molar-refractivity contribution in [1.29, 1.82) is 5.26 Å². The van der Waals surface area contributed by atoms with E-state index in [2.05, 4.69) is 0 Å². The highest BCUT2D eigenvalue weighted by atomic mass is 32.1.